The number of benzene rings is 1. The number of hydrogen-bond donors (Lipinski definition) is 1. The fourth-order valence-corrected chi connectivity index (χ4v) is 1.59. The first-order chi connectivity index (χ1) is 7.13. The van der Waals surface area contributed by atoms with Gasteiger partial charge in [-0.1, -0.05) is 12.6 Å². The Morgan fingerprint density at radius 1 is 1.53 bits per heavy atom. The first-order valence-corrected chi connectivity index (χ1v) is 5.30. The van der Waals surface area contributed by atoms with Crippen molar-refractivity contribution in [2.45, 2.75) is 13.5 Å². The summed E-state index contributed by atoms with van der Waals surface area (Å²) in [7, 11) is 0. The van der Waals surface area contributed by atoms with Crippen molar-refractivity contribution < 1.29 is 9.57 Å². The summed E-state index contributed by atoms with van der Waals surface area (Å²) in [5, 5.41) is 0. The Bertz CT molecular complexity index is 352. The van der Waals surface area contributed by atoms with Crippen LogP contribution in [0.5, 0.6) is 5.75 Å². The molecular formula is C11H14BrNO2. The van der Waals surface area contributed by atoms with Gasteiger partial charge in [0, 0.05) is 0 Å². The van der Waals surface area contributed by atoms with Gasteiger partial charge in [-0.3, -0.25) is 4.84 Å². The van der Waals surface area contributed by atoms with Crippen LogP contribution in [-0.4, -0.2) is 6.61 Å². The zero-order valence-corrected chi connectivity index (χ0v) is 10.2. The molecule has 0 spiro atoms. The molecule has 3 nitrogen and oxygen atoms in total. The van der Waals surface area contributed by atoms with E-state index in [2.05, 4.69) is 27.3 Å². The number of halogens is 1. The predicted molar refractivity (Wildman–Crippen MR) is 63.4 cm³/mol. The normalized spacial score (nSPS) is 10.1. The second-order valence-corrected chi connectivity index (χ2v) is 4.18. The predicted octanol–water partition coefficient (Wildman–Crippen LogP) is 2.79. The average molecular weight is 272 g/mol. The fourth-order valence-electron chi connectivity index (χ4n) is 1.05. The standard InChI is InChI=1S/C11H14BrNO2/c1-8(2)6-14-11-4-3-9(7-15-13)5-10(11)12/h3-5H,1,6-7,13H2,2H3. The molecule has 0 atom stereocenters. The summed E-state index contributed by atoms with van der Waals surface area (Å²) < 4.78 is 6.40. The van der Waals surface area contributed by atoms with E-state index >= 15 is 0 Å². The van der Waals surface area contributed by atoms with E-state index in [9.17, 15) is 0 Å². The van der Waals surface area contributed by atoms with Crippen molar-refractivity contribution in [3.63, 3.8) is 0 Å². The van der Waals surface area contributed by atoms with Crippen molar-refractivity contribution in [2.75, 3.05) is 6.61 Å². The molecule has 0 amide bonds. The SMILES string of the molecule is C=C(C)COc1ccc(CON)cc1Br. The quantitative estimate of drug-likeness (QED) is 0.662. The van der Waals surface area contributed by atoms with Crippen molar-refractivity contribution in [1.82, 2.24) is 0 Å². The molecule has 0 fully saturated rings. The van der Waals surface area contributed by atoms with Gasteiger partial charge in [-0.2, -0.15) is 0 Å². The maximum Gasteiger partial charge on any atom is 0.133 e. The smallest absolute Gasteiger partial charge is 0.133 e. The molecule has 0 aliphatic carbocycles. The van der Waals surface area contributed by atoms with E-state index in [0.717, 1.165) is 21.4 Å². The van der Waals surface area contributed by atoms with E-state index in [1.54, 1.807) is 0 Å². The van der Waals surface area contributed by atoms with Crippen LogP contribution in [0, 0.1) is 0 Å². The first-order valence-electron chi connectivity index (χ1n) is 4.50. The number of rotatable bonds is 5. The van der Waals surface area contributed by atoms with Gasteiger partial charge in [0.1, 0.15) is 12.4 Å². The van der Waals surface area contributed by atoms with Crippen LogP contribution in [0.25, 0.3) is 0 Å². The zero-order chi connectivity index (χ0) is 11.3. The minimum atomic E-state index is 0.388. The molecule has 0 bridgehead atoms. The summed E-state index contributed by atoms with van der Waals surface area (Å²) in [4.78, 5) is 4.55. The van der Waals surface area contributed by atoms with Gasteiger partial charge < -0.3 is 4.74 Å². The molecule has 0 saturated heterocycles. The molecule has 0 saturated carbocycles. The molecule has 1 aromatic carbocycles. The zero-order valence-electron chi connectivity index (χ0n) is 8.63. The Morgan fingerprint density at radius 3 is 2.80 bits per heavy atom. The molecule has 0 unspecified atom stereocenters. The summed E-state index contributed by atoms with van der Waals surface area (Å²) in [6.45, 7) is 6.60. The molecule has 0 radical (unpaired) electrons. The minimum Gasteiger partial charge on any atom is -0.488 e. The van der Waals surface area contributed by atoms with Gasteiger partial charge in [0.05, 0.1) is 11.1 Å². The molecule has 2 N–H and O–H groups in total. The lowest BCUT2D eigenvalue weighted by Gasteiger charge is -2.09. The monoisotopic (exact) mass is 271 g/mol. The molecular weight excluding hydrogens is 258 g/mol. The molecule has 0 aliphatic heterocycles. The molecule has 0 aromatic heterocycles. The first kappa shape index (κ1) is 12.2. The highest BCUT2D eigenvalue weighted by Crippen LogP contribution is 2.26. The second-order valence-electron chi connectivity index (χ2n) is 3.32. The summed E-state index contributed by atoms with van der Waals surface area (Å²) in [5.41, 5.74) is 1.98. The van der Waals surface area contributed by atoms with Crippen LogP contribution in [0.1, 0.15) is 12.5 Å². The van der Waals surface area contributed by atoms with E-state index in [1.165, 1.54) is 0 Å². The van der Waals surface area contributed by atoms with E-state index < -0.39 is 0 Å². The summed E-state index contributed by atoms with van der Waals surface area (Å²) in [6.07, 6.45) is 0. The van der Waals surface area contributed by atoms with Crippen LogP contribution < -0.4 is 10.6 Å². The van der Waals surface area contributed by atoms with Crippen LogP contribution in [0.3, 0.4) is 0 Å². The Labute approximate surface area is 98.0 Å². The largest absolute Gasteiger partial charge is 0.488 e. The lowest BCUT2D eigenvalue weighted by Crippen LogP contribution is -2.01. The van der Waals surface area contributed by atoms with Gasteiger partial charge in [0.25, 0.3) is 0 Å². The summed E-state index contributed by atoms with van der Waals surface area (Å²) >= 11 is 3.42. The van der Waals surface area contributed by atoms with E-state index in [4.69, 9.17) is 10.6 Å². The van der Waals surface area contributed by atoms with E-state index in [-0.39, 0.29) is 0 Å². The number of nitrogens with two attached hydrogens (primary N) is 1. The van der Waals surface area contributed by atoms with Crippen molar-refractivity contribution in [3.05, 3.63) is 40.4 Å². The molecule has 1 rings (SSSR count). The topological polar surface area (TPSA) is 44.5 Å². The van der Waals surface area contributed by atoms with Gasteiger partial charge in [-0.05, 0) is 46.1 Å². The molecule has 4 heteroatoms. The van der Waals surface area contributed by atoms with Crippen molar-refractivity contribution in [2.24, 2.45) is 5.90 Å². The van der Waals surface area contributed by atoms with Gasteiger partial charge in [0.15, 0.2) is 0 Å². The van der Waals surface area contributed by atoms with Crippen molar-refractivity contribution in [3.8, 4) is 5.75 Å². The highest BCUT2D eigenvalue weighted by Gasteiger charge is 2.02. The third kappa shape index (κ3) is 4.03. The lowest BCUT2D eigenvalue weighted by molar-refractivity contribution is 0.124. The molecule has 0 heterocycles. The Morgan fingerprint density at radius 2 is 2.27 bits per heavy atom. The maximum absolute atomic E-state index is 5.51. The minimum absolute atomic E-state index is 0.388. The van der Waals surface area contributed by atoms with Gasteiger partial charge in [-0.15, -0.1) is 0 Å². The molecule has 0 aliphatic rings. The molecule has 82 valence electrons. The Kier molecular flexibility index (Phi) is 4.81. The van der Waals surface area contributed by atoms with Crippen molar-refractivity contribution >= 4 is 15.9 Å². The summed E-state index contributed by atoms with van der Waals surface area (Å²) in [6, 6.07) is 5.70. The van der Waals surface area contributed by atoms with Crippen LogP contribution in [0.15, 0.2) is 34.8 Å². The highest BCUT2D eigenvalue weighted by atomic mass is 79.9. The average Bonchev–Trinajstić information content (AvgIpc) is 2.17. The fraction of sp³-hybridized carbons (Fsp3) is 0.273. The van der Waals surface area contributed by atoms with E-state index in [0.29, 0.717) is 13.2 Å². The van der Waals surface area contributed by atoms with Crippen LogP contribution in [0.4, 0.5) is 0 Å². The highest BCUT2D eigenvalue weighted by molar-refractivity contribution is 9.10. The van der Waals surface area contributed by atoms with Gasteiger partial charge in [-0.25, -0.2) is 5.90 Å². The van der Waals surface area contributed by atoms with E-state index in [1.807, 2.05) is 25.1 Å². The van der Waals surface area contributed by atoms with Crippen LogP contribution in [-0.2, 0) is 11.4 Å². The Hall–Kier alpha value is -0.840. The maximum atomic E-state index is 5.51. The number of ether oxygens (including phenoxy) is 1. The molecule has 1 aromatic rings. The lowest BCUT2D eigenvalue weighted by atomic mass is 10.2. The third-order valence-corrected chi connectivity index (χ3v) is 2.34. The number of hydrogen-bond acceptors (Lipinski definition) is 3. The third-order valence-electron chi connectivity index (χ3n) is 1.72. The van der Waals surface area contributed by atoms with Crippen LogP contribution >= 0.6 is 15.9 Å². The van der Waals surface area contributed by atoms with Gasteiger partial charge >= 0.3 is 0 Å². The molecule has 15 heavy (non-hydrogen) atoms. The Balaban J connectivity index is 2.70. The van der Waals surface area contributed by atoms with Crippen LogP contribution in [0.2, 0.25) is 0 Å². The summed E-state index contributed by atoms with van der Waals surface area (Å²) in [5.74, 6) is 5.78. The van der Waals surface area contributed by atoms with Gasteiger partial charge in [0.2, 0.25) is 0 Å². The second kappa shape index (κ2) is 5.90. The van der Waals surface area contributed by atoms with Crippen molar-refractivity contribution in [1.29, 1.82) is 0 Å².